The van der Waals surface area contributed by atoms with Crippen molar-refractivity contribution in [2.45, 2.75) is 38.5 Å². The van der Waals surface area contributed by atoms with Gasteiger partial charge in [0.1, 0.15) is 10.8 Å². The molecule has 3 N–H and O–H groups in total. The molecular weight excluding hydrogens is 280 g/mol. The zero-order valence-electron chi connectivity index (χ0n) is 12.2. The Hall–Kier alpha value is -1.62. The molecule has 0 saturated heterocycles. The van der Waals surface area contributed by atoms with Gasteiger partial charge in [-0.2, -0.15) is 4.37 Å². The van der Waals surface area contributed by atoms with Gasteiger partial charge in [-0.1, -0.05) is 32.1 Å². The van der Waals surface area contributed by atoms with Crippen molar-refractivity contribution in [2.24, 2.45) is 5.92 Å². The second kappa shape index (κ2) is 6.89. The van der Waals surface area contributed by atoms with E-state index in [1.807, 2.05) is 12.1 Å². The van der Waals surface area contributed by atoms with E-state index in [-0.39, 0.29) is 0 Å². The maximum atomic E-state index is 6.03. The van der Waals surface area contributed by atoms with Crippen LogP contribution in [0.1, 0.15) is 38.5 Å². The fraction of sp³-hybridized carbons (Fsp3) is 0.500. The Balaban J connectivity index is 1.63. The van der Waals surface area contributed by atoms with E-state index >= 15 is 0 Å². The molecule has 0 unspecified atom stereocenters. The van der Waals surface area contributed by atoms with Crippen molar-refractivity contribution in [3.63, 3.8) is 0 Å². The van der Waals surface area contributed by atoms with Gasteiger partial charge in [-0.05, 0) is 41.6 Å². The fourth-order valence-corrected chi connectivity index (χ4v) is 3.85. The maximum Gasteiger partial charge on any atom is 0.147 e. The number of rotatable bonds is 5. The SMILES string of the molecule is Nc1nsc(NCCC2CCCCC2)c1-c1ccncc1. The predicted molar refractivity (Wildman–Crippen MR) is 89.4 cm³/mol. The molecule has 0 amide bonds. The molecule has 4 nitrogen and oxygen atoms in total. The van der Waals surface area contributed by atoms with Gasteiger partial charge in [-0.15, -0.1) is 0 Å². The van der Waals surface area contributed by atoms with Gasteiger partial charge in [0.25, 0.3) is 0 Å². The third-order valence-corrected chi connectivity index (χ3v) is 5.07. The number of aromatic nitrogens is 2. The quantitative estimate of drug-likeness (QED) is 0.870. The highest BCUT2D eigenvalue weighted by Gasteiger charge is 2.15. The van der Waals surface area contributed by atoms with Crippen LogP contribution in [0, 0.1) is 5.92 Å². The Kier molecular flexibility index (Phi) is 4.70. The molecule has 1 saturated carbocycles. The Bertz CT molecular complexity index is 561. The molecule has 1 aliphatic carbocycles. The van der Waals surface area contributed by atoms with E-state index < -0.39 is 0 Å². The van der Waals surface area contributed by atoms with Crippen molar-refractivity contribution >= 4 is 22.4 Å². The smallest absolute Gasteiger partial charge is 0.147 e. The lowest BCUT2D eigenvalue weighted by atomic mass is 9.87. The van der Waals surface area contributed by atoms with Crippen LogP contribution in [-0.2, 0) is 0 Å². The summed E-state index contributed by atoms with van der Waals surface area (Å²) < 4.78 is 4.29. The van der Waals surface area contributed by atoms with Gasteiger partial charge in [0.05, 0.1) is 5.56 Å². The van der Waals surface area contributed by atoms with Crippen LogP contribution in [0.4, 0.5) is 10.8 Å². The fourth-order valence-electron chi connectivity index (χ4n) is 3.09. The van der Waals surface area contributed by atoms with E-state index in [1.165, 1.54) is 50.1 Å². The van der Waals surface area contributed by atoms with Crippen molar-refractivity contribution in [2.75, 3.05) is 17.6 Å². The molecule has 5 heteroatoms. The van der Waals surface area contributed by atoms with Gasteiger partial charge >= 0.3 is 0 Å². The molecule has 21 heavy (non-hydrogen) atoms. The lowest BCUT2D eigenvalue weighted by Crippen LogP contribution is -2.12. The maximum absolute atomic E-state index is 6.03. The van der Waals surface area contributed by atoms with E-state index in [2.05, 4.69) is 14.7 Å². The molecule has 1 fully saturated rings. The minimum absolute atomic E-state index is 0.603. The van der Waals surface area contributed by atoms with Crippen LogP contribution in [0.2, 0.25) is 0 Å². The molecule has 1 aliphatic rings. The molecule has 0 aromatic carbocycles. The van der Waals surface area contributed by atoms with E-state index in [0.29, 0.717) is 5.82 Å². The highest BCUT2D eigenvalue weighted by molar-refractivity contribution is 7.11. The van der Waals surface area contributed by atoms with Crippen LogP contribution in [0.15, 0.2) is 24.5 Å². The lowest BCUT2D eigenvalue weighted by molar-refractivity contribution is 0.345. The van der Waals surface area contributed by atoms with Crippen LogP contribution in [0.3, 0.4) is 0 Å². The van der Waals surface area contributed by atoms with Gasteiger partial charge in [-0.3, -0.25) is 4.98 Å². The predicted octanol–water partition coefficient (Wildman–Crippen LogP) is 4.17. The van der Waals surface area contributed by atoms with Crippen LogP contribution in [-0.4, -0.2) is 15.9 Å². The molecule has 112 valence electrons. The van der Waals surface area contributed by atoms with E-state index in [4.69, 9.17) is 5.73 Å². The summed E-state index contributed by atoms with van der Waals surface area (Å²) in [5.74, 6) is 1.49. The number of nitrogen functional groups attached to an aromatic ring is 1. The highest BCUT2D eigenvalue weighted by Crippen LogP contribution is 2.36. The molecule has 2 heterocycles. The van der Waals surface area contributed by atoms with E-state index in [1.54, 1.807) is 12.4 Å². The first-order chi connectivity index (χ1) is 10.3. The number of pyridine rings is 1. The Labute approximate surface area is 130 Å². The summed E-state index contributed by atoms with van der Waals surface area (Å²) >= 11 is 1.45. The monoisotopic (exact) mass is 302 g/mol. The van der Waals surface area contributed by atoms with Crippen LogP contribution in [0.25, 0.3) is 11.1 Å². The van der Waals surface area contributed by atoms with Gasteiger partial charge in [-0.25, -0.2) is 0 Å². The zero-order valence-corrected chi connectivity index (χ0v) is 13.0. The third kappa shape index (κ3) is 3.53. The minimum atomic E-state index is 0.603. The third-order valence-electron chi connectivity index (χ3n) is 4.25. The van der Waals surface area contributed by atoms with Crippen LogP contribution >= 0.6 is 11.5 Å². The summed E-state index contributed by atoms with van der Waals surface area (Å²) in [6.45, 7) is 1.00. The minimum Gasteiger partial charge on any atom is -0.382 e. The lowest BCUT2D eigenvalue weighted by Gasteiger charge is -2.21. The van der Waals surface area contributed by atoms with Crippen LogP contribution in [0.5, 0.6) is 0 Å². The molecule has 2 aromatic heterocycles. The van der Waals surface area contributed by atoms with Gasteiger partial charge in [0, 0.05) is 18.9 Å². The summed E-state index contributed by atoms with van der Waals surface area (Å²) in [7, 11) is 0. The molecular formula is C16H22N4S. The number of nitrogens with zero attached hydrogens (tertiary/aromatic N) is 2. The van der Waals surface area contributed by atoms with E-state index in [9.17, 15) is 0 Å². The molecule has 0 atom stereocenters. The van der Waals surface area contributed by atoms with Gasteiger partial charge in [0.2, 0.25) is 0 Å². The first-order valence-corrected chi connectivity index (χ1v) is 8.51. The Morgan fingerprint density at radius 2 is 1.95 bits per heavy atom. The van der Waals surface area contributed by atoms with Crippen LogP contribution < -0.4 is 11.1 Å². The van der Waals surface area contributed by atoms with E-state index in [0.717, 1.165) is 28.6 Å². The van der Waals surface area contributed by atoms with Gasteiger partial charge < -0.3 is 11.1 Å². The topological polar surface area (TPSA) is 63.8 Å². The second-order valence-corrected chi connectivity index (χ2v) is 6.50. The van der Waals surface area contributed by atoms with Crippen molar-refractivity contribution in [3.05, 3.63) is 24.5 Å². The molecule has 0 radical (unpaired) electrons. The second-order valence-electron chi connectivity index (χ2n) is 5.73. The molecule has 2 aromatic rings. The average molecular weight is 302 g/mol. The molecule has 0 aliphatic heterocycles. The first-order valence-electron chi connectivity index (χ1n) is 7.74. The van der Waals surface area contributed by atoms with Crippen molar-refractivity contribution in [3.8, 4) is 11.1 Å². The summed E-state index contributed by atoms with van der Waals surface area (Å²) in [6, 6.07) is 3.96. The summed E-state index contributed by atoms with van der Waals surface area (Å²) in [6.07, 6.45) is 11.8. The summed E-state index contributed by atoms with van der Waals surface area (Å²) in [5, 5.41) is 4.61. The van der Waals surface area contributed by atoms with Crippen molar-refractivity contribution in [1.29, 1.82) is 0 Å². The normalized spacial score (nSPS) is 16.0. The molecule has 0 bridgehead atoms. The van der Waals surface area contributed by atoms with Crippen molar-refractivity contribution in [1.82, 2.24) is 9.36 Å². The number of nitrogens with one attached hydrogen (secondary N) is 1. The number of anilines is 2. The molecule has 0 spiro atoms. The number of nitrogens with two attached hydrogens (primary N) is 1. The highest BCUT2D eigenvalue weighted by atomic mass is 32.1. The summed E-state index contributed by atoms with van der Waals surface area (Å²) in [4.78, 5) is 4.06. The Morgan fingerprint density at radius 1 is 1.19 bits per heavy atom. The Morgan fingerprint density at radius 3 is 2.71 bits per heavy atom. The number of hydrogen-bond donors (Lipinski definition) is 2. The standard InChI is InChI=1S/C16H22N4S/c17-15-14(13-7-9-18-10-8-13)16(21-20-15)19-11-6-12-4-2-1-3-5-12/h7-10,12,19H,1-6,11H2,(H2,17,20). The first kappa shape index (κ1) is 14.3. The van der Waals surface area contributed by atoms with Gasteiger partial charge in [0.15, 0.2) is 0 Å². The number of hydrogen-bond acceptors (Lipinski definition) is 5. The average Bonchev–Trinajstić information content (AvgIpc) is 2.90. The summed E-state index contributed by atoms with van der Waals surface area (Å²) in [5.41, 5.74) is 8.13. The zero-order chi connectivity index (χ0) is 14.5. The largest absolute Gasteiger partial charge is 0.382 e. The van der Waals surface area contributed by atoms with Crippen molar-refractivity contribution < 1.29 is 0 Å². The molecule has 3 rings (SSSR count).